The predicted molar refractivity (Wildman–Crippen MR) is 64.9 cm³/mol. The Hall–Kier alpha value is 0.0569. The van der Waals surface area contributed by atoms with Crippen LogP contribution in [0.5, 0.6) is 0 Å². The molecule has 15 heavy (non-hydrogen) atoms. The van der Waals surface area contributed by atoms with Crippen LogP contribution in [-0.2, 0) is 8.85 Å². The maximum Gasteiger partial charge on any atom is 0.381 e. The lowest BCUT2D eigenvalue weighted by Gasteiger charge is -2.30. The van der Waals surface area contributed by atoms with Crippen LogP contribution in [0, 0.1) is 5.92 Å². The number of hydrogen-bond acceptors (Lipinski definition) is 4. The third kappa shape index (κ3) is 7.93. The second-order valence-corrected chi connectivity index (χ2v) is 5.20. The average molecular weight is 233 g/mol. The summed E-state index contributed by atoms with van der Waals surface area (Å²) in [6.07, 6.45) is 0. The largest absolute Gasteiger partial charge is 0.394 e. The van der Waals surface area contributed by atoms with E-state index in [1.165, 1.54) is 0 Å². The van der Waals surface area contributed by atoms with Crippen molar-refractivity contribution in [2.45, 2.75) is 33.4 Å². The van der Waals surface area contributed by atoms with E-state index < -0.39 is 9.28 Å². The van der Waals surface area contributed by atoms with E-state index in [1.807, 2.05) is 20.4 Å². The van der Waals surface area contributed by atoms with Gasteiger partial charge in [0.2, 0.25) is 0 Å². The minimum atomic E-state index is -0.891. The Morgan fingerprint density at radius 1 is 1.33 bits per heavy atom. The highest BCUT2D eigenvalue weighted by atomic mass is 28.3. The zero-order valence-corrected chi connectivity index (χ0v) is 11.4. The van der Waals surface area contributed by atoms with Crippen molar-refractivity contribution in [3.05, 3.63) is 0 Å². The average Bonchev–Trinajstić information content (AvgIpc) is 2.01. The molecule has 0 aromatic rings. The summed E-state index contributed by atoms with van der Waals surface area (Å²) in [6.45, 7) is 11.8. The van der Waals surface area contributed by atoms with Crippen molar-refractivity contribution in [1.82, 2.24) is 5.32 Å². The van der Waals surface area contributed by atoms with Gasteiger partial charge in [0.25, 0.3) is 0 Å². The van der Waals surface area contributed by atoms with Gasteiger partial charge < -0.3 is 19.9 Å². The molecule has 1 saturated heterocycles. The highest BCUT2D eigenvalue weighted by Crippen LogP contribution is 2.04. The van der Waals surface area contributed by atoms with Crippen LogP contribution in [0.4, 0.5) is 0 Å². The molecule has 0 aromatic heterocycles. The summed E-state index contributed by atoms with van der Waals surface area (Å²) >= 11 is 0. The molecule has 0 aromatic carbocycles. The minimum absolute atomic E-state index is 0.390. The first-order valence-electron chi connectivity index (χ1n) is 5.67. The third-order valence-electron chi connectivity index (χ3n) is 2.25. The van der Waals surface area contributed by atoms with Crippen molar-refractivity contribution in [3.63, 3.8) is 0 Å². The van der Waals surface area contributed by atoms with Crippen LogP contribution in [0.3, 0.4) is 0 Å². The van der Waals surface area contributed by atoms with Crippen molar-refractivity contribution in [3.8, 4) is 0 Å². The van der Waals surface area contributed by atoms with E-state index in [4.69, 9.17) is 14.6 Å². The zero-order valence-electron chi connectivity index (χ0n) is 10.4. The third-order valence-corrected chi connectivity index (χ3v) is 3.64. The molecule has 0 bridgehead atoms. The number of hydrogen-bond donors (Lipinski definition) is 2. The molecule has 1 aliphatic heterocycles. The lowest BCUT2D eigenvalue weighted by Crippen LogP contribution is -2.50. The van der Waals surface area contributed by atoms with E-state index in [1.54, 1.807) is 0 Å². The van der Waals surface area contributed by atoms with Crippen LogP contribution in [0.2, 0.25) is 6.55 Å². The molecule has 1 radical (unpaired) electrons. The van der Waals surface area contributed by atoms with Crippen LogP contribution in [0.1, 0.15) is 20.8 Å². The first kappa shape index (κ1) is 15.1. The second-order valence-electron chi connectivity index (χ2n) is 3.64. The van der Waals surface area contributed by atoms with E-state index in [9.17, 15) is 0 Å². The Kier molecular flexibility index (Phi) is 9.33. The molecule has 5 heteroatoms. The maximum atomic E-state index is 5.56. The van der Waals surface area contributed by atoms with Crippen LogP contribution >= 0.6 is 0 Å². The summed E-state index contributed by atoms with van der Waals surface area (Å²) in [6, 6.07) is 0.390. The van der Waals surface area contributed by atoms with Gasteiger partial charge in [-0.25, -0.2) is 0 Å². The molecule has 4 nitrogen and oxygen atoms in total. The molecule has 1 fully saturated rings. The Labute approximate surface area is 95.4 Å². The fraction of sp³-hybridized carbons (Fsp3) is 1.00. The summed E-state index contributed by atoms with van der Waals surface area (Å²) in [7, 11) is -0.891. The van der Waals surface area contributed by atoms with Crippen molar-refractivity contribution >= 4 is 9.28 Å². The van der Waals surface area contributed by atoms with Gasteiger partial charge in [0.1, 0.15) is 0 Å². The van der Waals surface area contributed by atoms with Crippen molar-refractivity contribution < 1.29 is 8.85 Å². The van der Waals surface area contributed by atoms with E-state index >= 15 is 0 Å². The lowest BCUT2D eigenvalue weighted by atomic mass is 9.96. The molecule has 1 heterocycles. The van der Waals surface area contributed by atoms with E-state index in [0.717, 1.165) is 32.2 Å². The Morgan fingerprint density at radius 2 is 1.80 bits per heavy atom. The van der Waals surface area contributed by atoms with E-state index in [0.29, 0.717) is 6.04 Å². The van der Waals surface area contributed by atoms with Gasteiger partial charge in [0, 0.05) is 32.3 Å². The fourth-order valence-corrected chi connectivity index (χ4v) is 2.03. The first-order chi connectivity index (χ1) is 7.11. The van der Waals surface area contributed by atoms with Crippen LogP contribution < -0.4 is 11.1 Å². The molecule has 1 unspecified atom stereocenters. The van der Waals surface area contributed by atoms with Crippen LogP contribution in [0.25, 0.3) is 0 Å². The van der Waals surface area contributed by atoms with Gasteiger partial charge in [-0.2, -0.15) is 0 Å². The summed E-state index contributed by atoms with van der Waals surface area (Å²) in [4.78, 5) is 0. The highest BCUT2D eigenvalue weighted by molar-refractivity contribution is 6.42. The predicted octanol–water partition coefficient (Wildman–Crippen LogP) is 0.730. The molecular formula is C10H25N2O2Si. The van der Waals surface area contributed by atoms with Gasteiger partial charge in [0.05, 0.1) is 0 Å². The molecule has 0 amide bonds. The Balaban J connectivity index is 0.000000262. The molecular weight excluding hydrogens is 208 g/mol. The van der Waals surface area contributed by atoms with E-state index in [2.05, 4.69) is 12.2 Å². The second kappa shape index (κ2) is 9.29. The van der Waals surface area contributed by atoms with Crippen molar-refractivity contribution in [1.29, 1.82) is 0 Å². The topological polar surface area (TPSA) is 56.5 Å². The fourth-order valence-electron chi connectivity index (χ4n) is 1.13. The van der Waals surface area contributed by atoms with Crippen LogP contribution in [0.15, 0.2) is 0 Å². The summed E-state index contributed by atoms with van der Waals surface area (Å²) in [5.74, 6) is 0.750. The molecule has 91 valence electrons. The minimum Gasteiger partial charge on any atom is -0.394 e. The van der Waals surface area contributed by atoms with E-state index in [-0.39, 0.29) is 0 Å². The Morgan fingerprint density at radius 3 is 1.93 bits per heavy atom. The number of nitrogens with one attached hydrogen (secondary N) is 1. The molecule has 0 spiro atoms. The quantitative estimate of drug-likeness (QED) is 0.687. The standard InChI is InChI=1S/C5H12N2.C5H13O2Si/c1-4(6)5-2-7-3-5;1-4-6-8(3)7-5-2/h4-5,7H,2-3,6H2,1H3;4-5H2,1-3H3. The smallest absolute Gasteiger partial charge is 0.381 e. The summed E-state index contributed by atoms with van der Waals surface area (Å²) in [5.41, 5.74) is 5.56. The SMILES string of the molecule is CC(N)C1CNC1.CCO[Si](C)OCC. The Bertz CT molecular complexity index is 137. The molecule has 1 aliphatic rings. The lowest BCUT2D eigenvalue weighted by molar-refractivity contribution is 0.219. The maximum absolute atomic E-state index is 5.56. The van der Waals surface area contributed by atoms with Crippen molar-refractivity contribution in [2.24, 2.45) is 11.7 Å². The summed E-state index contributed by atoms with van der Waals surface area (Å²) < 4.78 is 10.3. The van der Waals surface area contributed by atoms with Crippen molar-refractivity contribution in [2.75, 3.05) is 26.3 Å². The monoisotopic (exact) mass is 233 g/mol. The molecule has 3 N–H and O–H groups in total. The molecule has 1 atom stereocenters. The van der Waals surface area contributed by atoms with Gasteiger partial charge in [-0.15, -0.1) is 0 Å². The van der Waals surface area contributed by atoms with Gasteiger partial charge in [0.15, 0.2) is 0 Å². The number of nitrogens with two attached hydrogens (primary N) is 1. The first-order valence-corrected chi connectivity index (χ1v) is 7.48. The molecule has 0 saturated carbocycles. The number of rotatable bonds is 5. The molecule has 1 rings (SSSR count). The highest BCUT2D eigenvalue weighted by Gasteiger charge is 2.19. The normalized spacial score (nSPS) is 18.0. The molecule has 0 aliphatic carbocycles. The van der Waals surface area contributed by atoms with Gasteiger partial charge >= 0.3 is 9.28 Å². The van der Waals surface area contributed by atoms with Crippen LogP contribution in [-0.4, -0.2) is 41.6 Å². The zero-order chi connectivity index (χ0) is 11.7. The van der Waals surface area contributed by atoms with Gasteiger partial charge in [-0.1, -0.05) is 0 Å². The van der Waals surface area contributed by atoms with Gasteiger partial charge in [-0.3, -0.25) is 0 Å². The summed E-state index contributed by atoms with van der Waals surface area (Å²) in [5, 5.41) is 3.16. The van der Waals surface area contributed by atoms with Gasteiger partial charge in [-0.05, 0) is 33.2 Å².